The summed E-state index contributed by atoms with van der Waals surface area (Å²) in [6.07, 6.45) is 1.67. The molecule has 4 N–H and O–H groups in total. The minimum absolute atomic E-state index is 0.191. The molecule has 1 aliphatic heterocycles. The third-order valence-electron chi connectivity index (χ3n) is 2.64. The molecule has 5 nitrogen and oxygen atoms in total. The smallest absolute Gasteiger partial charge is 0.337 e. The highest BCUT2D eigenvalue weighted by molar-refractivity contribution is 5.89. The molecule has 0 saturated carbocycles. The van der Waals surface area contributed by atoms with Gasteiger partial charge in [-0.3, -0.25) is 10.9 Å². The van der Waals surface area contributed by atoms with E-state index in [-0.39, 0.29) is 12.0 Å². The van der Waals surface area contributed by atoms with Crippen molar-refractivity contribution in [2.75, 3.05) is 6.54 Å². The van der Waals surface area contributed by atoms with Crippen LogP contribution in [0.5, 0.6) is 0 Å². The van der Waals surface area contributed by atoms with Crippen molar-refractivity contribution in [3.8, 4) is 0 Å². The first kappa shape index (κ1) is 9.23. The topological polar surface area (TPSA) is 77.1 Å². The third-order valence-corrected chi connectivity index (χ3v) is 2.64. The molecule has 76 valence electrons. The number of hydrogen-bond donors (Lipinski definition) is 4. The van der Waals surface area contributed by atoms with E-state index >= 15 is 0 Å². The van der Waals surface area contributed by atoms with Crippen LogP contribution >= 0.6 is 0 Å². The maximum absolute atomic E-state index is 10.9. The molecule has 0 aromatic carbocycles. The fourth-order valence-corrected chi connectivity index (χ4v) is 1.83. The second-order valence-electron chi connectivity index (χ2n) is 3.53. The van der Waals surface area contributed by atoms with Gasteiger partial charge in [-0.25, -0.2) is 4.79 Å². The van der Waals surface area contributed by atoms with Gasteiger partial charge in [0, 0.05) is 30.4 Å². The minimum atomic E-state index is -0.875. The van der Waals surface area contributed by atoms with E-state index in [1.54, 1.807) is 12.3 Å². The molecule has 2 unspecified atom stereocenters. The zero-order chi connectivity index (χ0) is 10.1. The van der Waals surface area contributed by atoms with Gasteiger partial charge in [0.25, 0.3) is 0 Å². The van der Waals surface area contributed by atoms with Crippen molar-refractivity contribution in [3.05, 3.63) is 23.5 Å². The summed E-state index contributed by atoms with van der Waals surface area (Å²) in [5.41, 5.74) is 7.24. The highest BCUT2D eigenvalue weighted by atomic mass is 16.4. The number of nitrogens with one attached hydrogen (secondary N) is 3. The molecule has 5 heteroatoms. The van der Waals surface area contributed by atoms with Crippen LogP contribution in [-0.2, 0) is 0 Å². The van der Waals surface area contributed by atoms with E-state index in [9.17, 15) is 4.79 Å². The molecule has 1 aromatic rings. The number of aromatic amines is 1. The van der Waals surface area contributed by atoms with Crippen molar-refractivity contribution in [3.63, 3.8) is 0 Å². The maximum atomic E-state index is 10.9. The Morgan fingerprint density at radius 1 is 1.64 bits per heavy atom. The summed E-state index contributed by atoms with van der Waals surface area (Å²) in [5.74, 6) is -0.684. The van der Waals surface area contributed by atoms with Gasteiger partial charge in [0.05, 0.1) is 5.56 Å². The molecular weight excluding hydrogens is 182 g/mol. The van der Waals surface area contributed by atoms with Gasteiger partial charge in [-0.15, -0.1) is 0 Å². The number of carbonyl (C=O) groups is 1. The predicted molar refractivity (Wildman–Crippen MR) is 51.1 cm³/mol. The molecule has 2 atom stereocenters. The number of carboxylic acid groups (broad SMARTS) is 1. The normalized spacial score (nSPS) is 26.6. The quantitative estimate of drug-likeness (QED) is 0.547. The number of H-pyrrole nitrogens is 1. The van der Waals surface area contributed by atoms with Crippen molar-refractivity contribution in [1.29, 1.82) is 0 Å². The molecule has 0 radical (unpaired) electrons. The van der Waals surface area contributed by atoms with E-state index in [4.69, 9.17) is 5.11 Å². The lowest BCUT2D eigenvalue weighted by molar-refractivity contribution is 0.0695. The Morgan fingerprint density at radius 2 is 2.43 bits per heavy atom. The minimum Gasteiger partial charge on any atom is -0.478 e. The summed E-state index contributed by atoms with van der Waals surface area (Å²) >= 11 is 0. The van der Waals surface area contributed by atoms with Gasteiger partial charge in [0.15, 0.2) is 0 Å². The second kappa shape index (κ2) is 3.43. The van der Waals surface area contributed by atoms with Crippen LogP contribution in [0.15, 0.2) is 12.3 Å². The number of hydrazine groups is 1. The SMILES string of the molecule is CC1NNCC1c1[nH]ccc1C(=O)O. The van der Waals surface area contributed by atoms with E-state index in [2.05, 4.69) is 15.8 Å². The fraction of sp³-hybridized carbons (Fsp3) is 0.444. The summed E-state index contributed by atoms with van der Waals surface area (Å²) in [6, 6.07) is 1.84. The van der Waals surface area contributed by atoms with Gasteiger partial charge in [0.2, 0.25) is 0 Å². The van der Waals surface area contributed by atoms with Gasteiger partial charge in [-0.1, -0.05) is 0 Å². The van der Waals surface area contributed by atoms with Crippen LogP contribution in [0.2, 0.25) is 0 Å². The molecule has 0 bridgehead atoms. The van der Waals surface area contributed by atoms with Crippen LogP contribution in [0.1, 0.15) is 28.9 Å². The summed E-state index contributed by atoms with van der Waals surface area (Å²) in [4.78, 5) is 13.9. The fourth-order valence-electron chi connectivity index (χ4n) is 1.83. The Hall–Kier alpha value is -1.33. The lowest BCUT2D eigenvalue weighted by atomic mass is 9.97. The van der Waals surface area contributed by atoms with Crippen molar-refractivity contribution >= 4 is 5.97 Å². The maximum Gasteiger partial charge on any atom is 0.337 e. The second-order valence-corrected chi connectivity index (χ2v) is 3.53. The Morgan fingerprint density at radius 3 is 3.00 bits per heavy atom. The standard InChI is InChI=1S/C9H13N3O2/c1-5-7(4-11-12-5)8-6(9(13)14)2-3-10-8/h2-3,5,7,10-12H,4H2,1H3,(H,13,14). The molecule has 1 aromatic heterocycles. The van der Waals surface area contributed by atoms with Crippen molar-refractivity contribution in [2.45, 2.75) is 18.9 Å². The third kappa shape index (κ3) is 1.40. The zero-order valence-corrected chi connectivity index (χ0v) is 7.87. The lowest BCUT2D eigenvalue weighted by Crippen LogP contribution is -2.28. The van der Waals surface area contributed by atoms with E-state index < -0.39 is 5.97 Å². The lowest BCUT2D eigenvalue weighted by Gasteiger charge is -2.12. The number of carboxylic acids is 1. The Labute approximate surface area is 81.5 Å². The van der Waals surface area contributed by atoms with Crippen LogP contribution in [0.4, 0.5) is 0 Å². The molecule has 1 fully saturated rings. The molecule has 0 aliphatic carbocycles. The Kier molecular flexibility index (Phi) is 2.26. The van der Waals surface area contributed by atoms with Gasteiger partial charge >= 0.3 is 5.97 Å². The van der Waals surface area contributed by atoms with Crippen molar-refractivity contribution in [2.24, 2.45) is 0 Å². The van der Waals surface area contributed by atoms with Gasteiger partial charge in [-0.05, 0) is 13.0 Å². The first-order valence-electron chi connectivity index (χ1n) is 4.59. The monoisotopic (exact) mass is 195 g/mol. The molecule has 1 saturated heterocycles. The van der Waals surface area contributed by atoms with Gasteiger partial charge in [0.1, 0.15) is 0 Å². The van der Waals surface area contributed by atoms with Gasteiger partial charge in [-0.2, -0.15) is 0 Å². The molecule has 14 heavy (non-hydrogen) atoms. The molecule has 2 heterocycles. The summed E-state index contributed by atoms with van der Waals surface area (Å²) in [7, 11) is 0. The molecule has 0 amide bonds. The molecule has 2 rings (SSSR count). The number of aromatic nitrogens is 1. The largest absolute Gasteiger partial charge is 0.478 e. The average Bonchev–Trinajstić information content (AvgIpc) is 2.70. The molecular formula is C9H13N3O2. The van der Waals surface area contributed by atoms with Crippen LogP contribution in [0, 0.1) is 0 Å². The average molecular weight is 195 g/mol. The van der Waals surface area contributed by atoms with Crippen LogP contribution in [0.25, 0.3) is 0 Å². The Bertz CT molecular complexity index is 348. The molecule has 0 spiro atoms. The van der Waals surface area contributed by atoms with E-state index in [0.717, 1.165) is 12.2 Å². The first-order valence-corrected chi connectivity index (χ1v) is 4.59. The zero-order valence-electron chi connectivity index (χ0n) is 7.87. The molecule has 1 aliphatic rings. The first-order chi connectivity index (χ1) is 6.70. The van der Waals surface area contributed by atoms with Crippen LogP contribution < -0.4 is 10.9 Å². The van der Waals surface area contributed by atoms with Gasteiger partial charge < -0.3 is 10.1 Å². The number of aromatic carboxylic acids is 1. The van der Waals surface area contributed by atoms with Crippen molar-refractivity contribution in [1.82, 2.24) is 15.8 Å². The highest BCUT2D eigenvalue weighted by Crippen LogP contribution is 2.23. The summed E-state index contributed by atoms with van der Waals surface area (Å²) < 4.78 is 0. The van der Waals surface area contributed by atoms with Crippen LogP contribution in [-0.4, -0.2) is 28.6 Å². The highest BCUT2D eigenvalue weighted by Gasteiger charge is 2.28. The Balaban J connectivity index is 2.31. The van der Waals surface area contributed by atoms with E-state index in [1.807, 2.05) is 6.92 Å². The van der Waals surface area contributed by atoms with Crippen LogP contribution in [0.3, 0.4) is 0 Å². The predicted octanol–water partition coefficient (Wildman–Crippen LogP) is 0.293. The van der Waals surface area contributed by atoms with E-state index in [1.165, 1.54) is 0 Å². The number of rotatable bonds is 2. The summed E-state index contributed by atoms with van der Waals surface area (Å²) in [5, 5.41) is 8.94. The van der Waals surface area contributed by atoms with Crippen molar-refractivity contribution < 1.29 is 9.90 Å². The summed E-state index contributed by atoms with van der Waals surface area (Å²) in [6.45, 7) is 2.78. The van der Waals surface area contributed by atoms with E-state index in [0.29, 0.717) is 5.56 Å². The number of hydrogen-bond acceptors (Lipinski definition) is 3.